The van der Waals surface area contributed by atoms with Crippen LogP contribution in [-0.4, -0.2) is 60.5 Å². The molecule has 3 heterocycles. The largest absolute Gasteiger partial charge is 0.363 e. The highest BCUT2D eigenvalue weighted by atomic mass is 16.2. The molecule has 0 aromatic heterocycles. The Balaban J connectivity index is 1.21. The molecule has 2 aromatic carbocycles. The Morgan fingerprint density at radius 3 is 2.33 bits per heavy atom. The van der Waals surface area contributed by atoms with Gasteiger partial charge in [-0.2, -0.15) is 0 Å². The van der Waals surface area contributed by atoms with E-state index in [9.17, 15) is 4.79 Å². The van der Waals surface area contributed by atoms with Gasteiger partial charge in [0.25, 0.3) is 5.91 Å². The molecule has 0 unspecified atom stereocenters. The molecule has 3 aliphatic rings. The number of amides is 1. The lowest BCUT2D eigenvalue weighted by Crippen LogP contribution is -2.55. The van der Waals surface area contributed by atoms with Gasteiger partial charge in [0.2, 0.25) is 0 Å². The zero-order valence-electron chi connectivity index (χ0n) is 15.8. The van der Waals surface area contributed by atoms with Gasteiger partial charge in [-0.15, -0.1) is 0 Å². The molecule has 4 nitrogen and oxygen atoms in total. The number of carbonyl (C=O) groups excluding carboxylic acids is 1. The maximum Gasteiger partial charge on any atom is 0.254 e. The lowest BCUT2D eigenvalue weighted by atomic mass is 9.99. The van der Waals surface area contributed by atoms with E-state index in [2.05, 4.69) is 46.2 Å². The van der Waals surface area contributed by atoms with Crippen LogP contribution in [0.25, 0.3) is 0 Å². The van der Waals surface area contributed by atoms with E-state index < -0.39 is 0 Å². The number of likely N-dealkylation sites (tertiary alicyclic amines) is 1. The minimum absolute atomic E-state index is 0.211. The molecule has 5 rings (SSSR count). The summed E-state index contributed by atoms with van der Waals surface area (Å²) in [5.41, 5.74) is 3.47. The van der Waals surface area contributed by atoms with Crippen molar-refractivity contribution in [3.05, 3.63) is 65.7 Å². The molecule has 2 saturated heterocycles. The van der Waals surface area contributed by atoms with Crippen molar-refractivity contribution in [2.45, 2.75) is 31.3 Å². The summed E-state index contributed by atoms with van der Waals surface area (Å²) < 4.78 is 0. The molecule has 0 radical (unpaired) electrons. The summed E-state index contributed by atoms with van der Waals surface area (Å²) in [6.45, 7) is 4.92. The van der Waals surface area contributed by atoms with Crippen LogP contribution >= 0.6 is 0 Å². The fourth-order valence-electron chi connectivity index (χ4n) is 5.14. The highest BCUT2D eigenvalue weighted by Crippen LogP contribution is 2.34. The van der Waals surface area contributed by atoms with Crippen LogP contribution in [0.1, 0.15) is 28.8 Å². The molecule has 140 valence electrons. The smallest absolute Gasteiger partial charge is 0.254 e. The van der Waals surface area contributed by atoms with Gasteiger partial charge in [0.05, 0.1) is 0 Å². The van der Waals surface area contributed by atoms with Gasteiger partial charge in [-0.3, -0.25) is 9.69 Å². The summed E-state index contributed by atoms with van der Waals surface area (Å²) in [7, 11) is 0. The van der Waals surface area contributed by atoms with Crippen molar-refractivity contribution in [1.29, 1.82) is 0 Å². The predicted octanol–water partition coefficient (Wildman–Crippen LogP) is 3.04. The van der Waals surface area contributed by atoms with Gasteiger partial charge >= 0.3 is 0 Å². The number of fused-ring (bicyclic) bond motifs is 3. The maximum atomic E-state index is 12.8. The van der Waals surface area contributed by atoms with Crippen molar-refractivity contribution in [3.63, 3.8) is 0 Å². The van der Waals surface area contributed by atoms with Crippen LogP contribution in [-0.2, 0) is 6.42 Å². The number of hydrogen-bond donors (Lipinski definition) is 0. The van der Waals surface area contributed by atoms with E-state index in [1.54, 1.807) is 0 Å². The van der Waals surface area contributed by atoms with E-state index in [1.165, 1.54) is 24.1 Å². The number of hydrogen-bond acceptors (Lipinski definition) is 3. The van der Waals surface area contributed by atoms with E-state index in [1.807, 2.05) is 23.1 Å². The zero-order chi connectivity index (χ0) is 18.2. The molecule has 2 fully saturated rings. The van der Waals surface area contributed by atoms with Crippen LogP contribution in [0.4, 0.5) is 5.69 Å². The Morgan fingerprint density at radius 2 is 1.56 bits per heavy atom. The molecule has 4 heteroatoms. The molecular formula is C23H27N3O. The van der Waals surface area contributed by atoms with Crippen molar-refractivity contribution in [1.82, 2.24) is 9.80 Å². The average molecular weight is 361 g/mol. The molecule has 0 N–H and O–H groups in total. The van der Waals surface area contributed by atoms with E-state index in [0.29, 0.717) is 12.1 Å². The van der Waals surface area contributed by atoms with Gasteiger partial charge in [-0.25, -0.2) is 0 Å². The van der Waals surface area contributed by atoms with Gasteiger partial charge < -0.3 is 9.80 Å². The third kappa shape index (κ3) is 3.12. The molecule has 2 atom stereocenters. The number of carbonyl (C=O) groups is 1. The summed E-state index contributed by atoms with van der Waals surface area (Å²) in [6.07, 6.45) is 3.55. The van der Waals surface area contributed by atoms with Crippen LogP contribution in [0.15, 0.2) is 54.6 Å². The summed E-state index contributed by atoms with van der Waals surface area (Å²) in [4.78, 5) is 20.0. The first-order valence-corrected chi connectivity index (χ1v) is 10.2. The number of benzene rings is 2. The first-order valence-electron chi connectivity index (χ1n) is 10.2. The Bertz CT molecular complexity index is 807. The number of anilines is 1. The van der Waals surface area contributed by atoms with Crippen molar-refractivity contribution >= 4 is 11.6 Å². The molecular weight excluding hydrogens is 334 g/mol. The van der Waals surface area contributed by atoms with Crippen LogP contribution < -0.4 is 4.90 Å². The van der Waals surface area contributed by atoms with Gasteiger partial charge in [-0.05, 0) is 43.0 Å². The second kappa shape index (κ2) is 7.01. The SMILES string of the molecule is O=C1c2ccccc2CCN1CCN1C[C@H]2CC[C@@H](C1)N2c1ccccc1. The fourth-order valence-corrected chi connectivity index (χ4v) is 5.14. The van der Waals surface area contributed by atoms with Crippen LogP contribution in [0.2, 0.25) is 0 Å². The number of rotatable bonds is 4. The van der Waals surface area contributed by atoms with Crippen molar-refractivity contribution in [3.8, 4) is 0 Å². The quantitative estimate of drug-likeness (QED) is 0.837. The van der Waals surface area contributed by atoms with E-state index in [0.717, 1.165) is 44.7 Å². The average Bonchev–Trinajstić information content (AvgIpc) is 2.98. The second-order valence-electron chi connectivity index (χ2n) is 8.09. The summed E-state index contributed by atoms with van der Waals surface area (Å²) >= 11 is 0. The van der Waals surface area contributed by atoms with Gasteiger partial charge in [0, 0.05) is 56.1 Å². The van der Waals surface area contributed by atoms with E-state index >= 15 is 0 Å². The summed E-state index contributed by atoms with van der Waals surface area (Å²) in [5.74, 6) is 0.211. The third-order valence-corrected chi connectivity index (χ3v) is 6.48. The predicted molar refractivity (Wildman–Crippen MR) is 108 cm³/mol. The lowest BCUT2D eigenvalue weighted by Gasteiger charge is -2.43. The zero-order valence-corrected chi connectivity index (χ0v) is 15.8. The van der Waals surface area contributed by atoms with Gasteiger partial charge in [0.15, 0.2) is 0 Å². The number of nitrogens with zero attached hydrogens (tertiary/aromatic N) is 3. The molecule has 3 aliphatic heterocycles. The van der Waals surface area contributed by atoms with Crippen LogP contribution in [0, 0.1) is 0 Å². The molecule has 1 amide bonds. The van der Waals surface area contributed by atoms with E-state index in [-0.39, 0.29) is 5.91 Å². The Hall–Kier alpha value is -2.33. The molecule has 0 saturated carbocycles. The molecule has 0 aliphatic carbocycles. The summed E-state index contributed by atoms with van der Waals surface area (Å²) in [6, 6.07) is 20.2. The molecule has 27 heavy (non-hydrogen) atoms. The topological polar surface area (TPSA) is 26.8 Å². The molecule has 0 spiro atoms. The van der Waals surface area contributed by atoms with E-state index in [4.69, 9.17) is 0 Å². The first-order chi connectivity index (χ1) is 13.3. The minimum Gasteiger partial charge on any atom is -0.363 e. The number of piperazine rings is 1. The van der Waals surface area contributed by atoms with Crippen molar-refractivity contribution in [2.75, 3.05) is 37.6 Å². The maximum absolute atomic E-state index is 12.8. The van der Waals surface area contributed by atoms with Gasteiger partial charge in [0.1, 0.15) is 0 Å². The number of para-hydroxylation sites is 1. The highest BCUT2D eigenvalue weighted by Gasteiger charge is 2.39. The molecule has 2 bridgehead atoms. The standard InChI is InChI=1S/C23H27N3O/c27-23-22-9-5-4-6-18(22)12-13-25(23)15-14-24-16-20-10-11-21(17-24)26(20)19-7-2-1-3-8-19/h1-9,20-21H,10-17H2/t20-,21+. The Labute approximate surface area is 161 Å². The fraction of sp³-hybridized carbons (Fsp3) is 0.435. The third-order valence-electron chi connectivity index (χ3n) is 6.48. The Morgan fingerprint density at radius 1 is 0.852 bits per heavy atom. The molecule has 2 aromatic rings. The van der Waals surface area contributed by atoms with Crippen LogP contribution in [0.3, 0.4) is 0 Å². The van der Waals surface area contributed by atoms with Crippen LogP contribution in [0.5, 0.6) is 0 Å². The lowest BCUT2D eigenvalue weighted by molar-refractivity contribution is 0.0712. The normalized spacial score (nSPS) is 25.0. The minimum atomic E-state index is 0.211. The first kappa shape index (κ1) is 16.8. The van der Waals surface area contributed by atoms with Gasteiger partial charge in [-0.1, -0.05) is 36.4 Å². The Kier molecular flexibility index (Phi) is 4.36. The van der Waals surface area contributed by atoms with Crippen molar-refractivity contribution < 1.29 is 4.79 Å². The monoisotopic (exact) mass is 361 g/mol. The highest BCUT2D eigenvalue weighted by molar-refractivity contribution is 5.96. The van der Waals surface area contributed by atoms with Crippen molar-refractivity contribution in [2.24, 2.45) is 0 Å². The second-order valence-corrected chi connectivity index (χ2v) is 8.09. The summed E-state index contributed by atoms with van der Waals surface area (Å²) in [5, 5.41) is 0.